The van der Waals surface area contributed by atoms with E-state index in [4.69, 9.17) is 4.74 Å². The Kier molecular flexibility index (Phi) is 6.46. The summed E-state index contributed by atoms with van der Waals surface area (Å²) >= 11 is 0. The number of hydrogen-bond acceptors (Lipinski definition) is 3. The minimum absolute atomic E-state index is 0.0501. The van der Waals surface area contributed by atoms with Crippen molar-refractivity contribution in [2.75, 3.05) is 44.7 Å². The molecule has 2 aromatic rings. The van der Waals surface area contributed by atoms with E-state index in [0.717, 1.165) is 30.6 Å². The van der Waals surface area contributed by atoms with Crippen LogP contribution in [0.3, 0.4) is 0 Å². The fourth-order valence-corrected chi connectivity index (χ4v) is 3.43. The van der Waals surface area contributed by atoms with E-state index in [2.05, 4.69) is 4.90 Å². The number of carbonyl (C=O) groups excluding carboxylic acids is 1. The lowest BCUT2D eigenvalue weighted by Gasteiger charge is -2.36. The highest BCUT2D eigenvalue weighted by Gasteiger charge is 2.24. The lowest BCUT2D eigenvalue weighted by atomic mass is 10.1. The van der Waals surface area contributed by atoms with E-state index in [1.54, 1.807) is 13.2 Å². The van der Waals surface area contributed by atoms with Gasteiger partial charge in [-0.25, -0.2) is 8.78 Å². The van der Waals surface area contributed by atoms with Crippen LogP contribution in [0.2, 0.25) is 0 Å². The van der Waals surface area contributed by atoms with Crippen LogP contribution >= 0.6 is 0 Å². The number of hydrogen-bond donors (Lipinski definition) is 1. The average Bonchev–Trinajstić information content (AvgIpc) is 2.73. The van der Waals surface area contributed by atoms with Gasteiger partial charge in [0.05, 0.1) is 12.8 Å². The molecule has 150 valence electrons. The van der Waals surface area contributed by atoms with Crippen molar-refractivity contribution in [1.29, 1.82) is 0 Å². The second kappa shape index (κ2) is 9.01. The van der Waals surface area contributed by atoms with Crippen LogP contribution < -0.4 is 15.0 Å². The summed E-state index contributed by atoms with van der Waals surface area (Å²) in [6.07, 6.45) is 0. The number of anilines is 1. The van der Waals surface area contributed by atoms with Crippen LogP contribution in [0.4, 0.5) is 14.5 Å². The fraction of sp³-hybridized carbons (Fsp3) is 0.381. The maximum absolute atomic E-state index is 13.4. The van der Waals surface area contributed by atoms with E-state index < -0.39 is 11.6 Å². The first-order valence-electron chi connectivity index (χ1n) is 9.43. The number of halogens is 2. The molecule has 1 amide bonds. The molecule has 0 spiro atoms. The molecule has 1 heterocycles. The zero-order valence-electron chi connectivity index (χ0n) is 16.2. The van der Waals surface area contributed by atoms with Crippen molar-refractivity contribution in [2.24, 2.45) is 0 Å². The summed E-state index contributed by atoms with van der Waals surface area (Å²) in [4.78, 5) is 16.6. The largest absolute Gasteiger partial charge is 0.495 e. The highest BCUT2D eigenvalue weighted by molar-refractivity contribution is 5.77. The van der Waals surface area contributed by atoms with Gasteiger partial charge in [-0.05, 0) is 37.3 Å². The Morgan fingerprint density at radius 3 is 2.50 bits per heavy atom. The molecule has 1 aliphatic heterocycles. The van der Waals surface area contributed by atoms with Crippen molar-refractivity contribution in [1.82, 2.24) is 4.90 Å². The molecule has 0 bridgehead atoms. The Morgan fingerprint density at radius 1 is 1.11 bits per heavy atom. The van der Waals surface area contributed by atoms with Crippen molar-refractivity contribution in [2.45, 2.75) is 13.0 Å². The number of piperazine rings is 1. The number of nitrogens with zero attached hydrogens (tertiary/aromatic N) is 2. The maximum Gasteiger partial charge on any atom is 0.277 e. The normalized spacial score (nSPS) is 15.4. The third kappa shape index (κ3) is 4.59. The smallest absolute Gasteiger partial charge is 0.277 e. The highest BCUT2D eigenvalue weighted by atomic mass is 19.2. The maximum atomic E-state index is 13.4. The van der Waals surface area contributed by atoms with Gasteiger partial charge in [-0.15, -0.1) is 0 Å². The molecule has 0 aromatic heterocycles. The molecule has 0 unspecified atom stereocenters. The number of carbonyl (C=O) groups is 1. The molecule has 5 nitrogen and oxygen atoms in total. The van der Waals surface area contributed by atoms with Crippen LogP contribution in [0.25, 0.3) is 0 Å². The Hall–Kier alpha value is -2.67. The summed E-state index contributed by atoms with van der Waals surface area (Å²) in [6, 6.07) is 11.6. The van der Waals surface area contributed by atoms with Gasteiger partial charge in [-0.3, -0.25) is 4.79 Å². The lowest BCUT2D eigenvalue weighted by Crippen LogP contribution is -2.87. The van der Waals surface area contributed by atoms with E-state index in [1.165, 1.54) is 6.07 Å². The van der Waals surface area contributed by atoms with Crippen LogP contribution in [0.15, 0.2) is 42.5 Å². The molecule has 1 fully saturated rings. The van der Waals surface area contributed by atoms with Crippen LogP contribution in [-0.4, -0.2) is 50.6 Å². The van der Waals surface area contributed by atoms with Crippen LogP contribution in [0, 0.1) is 11.6 Å². The first-order valence-corrected chi connectivity index (χ1v) is 9.43. The molecule has 1 atom stereocenters. The predicted molar refractivity (Wildman–Crippen MR) is 103 cm³/mol. The topological polar surface area (TPSA) is 49.4 Å². The predicted octanol–water partition coefficient (Wildman–Crippen LogP) is 1.95. The molecule has 0 aliphatic carbocycles. The lowest BCUT2D eigenvalue weighted by molar-refractivity contribution is -0.683. The first-order chi connectivity index (χ1) is 13.5. The summed E-state index contributed by atoms with van der Waals surface area (Å²) < 4.78 is 31.9. The Bertz CT molecular complexity index is 823. The minimum Gasteiger partial charge on any atom is -0.495 e. The van der Waals surface area contributed by atoms with Crippen molar-refractivity contribution in [3.05, 3.63) is 59.7 Å². The zero-order chi connectivity index (χ0) is 20.1. The number of ether oxygens (including phenoxy) is 1. The first kappa shape index (κ1) is 20.1. The summed E-state index contributed by atoms with van der Waals surface area (Å²) in [7, 11) is 1.66. The Morgan fingerprint density at radius 2 is 1.82 bits per heavy atom. The minimum atomic E-state index is -0.864. The van der Waals surface area contributed by atoms with Gasteiger partial charge >= 0.3 is 0 Å². The van der Waals surface area contributed by atoms with Crippen molar-refractivity contribution in [3.63, 3.8) is 0 Å². The van der Waals surface area contributed by atoms with E-state index in [0.29, 0.717) is 18.7 Å². The van der Waals surface area contributed by atoms with Crippen LogP contribution in [0.5, 0.6) is 5.75 Å². The van der Waals surface area contributed by atoms with Gasteiger partial charge in [0.25, 0.3) is 5.91 Å². The second-order valence-electron chi connectivity index (χ2n) is 6.94. The number of nitrogens with two attached hydrogens (primary N) is 1. The van der Waals surface area contributed by atoms with Gasteiger partial charge in [0.1, 0.15) is 11.8 Å². The fourth-order valence-electron chi connectivity index (χ4n) is 3.43. The SMILES string of the molecule is COc1ccccc1N1CCN(C(=O)C[NH2+][C@H](C)c2ccc(F)c(F)c2)CC1. The monoisotopic (exact) mass is 390 g/mol. The van der Waals surface area contributed by atoms with Crippen molar-refractivity contribution < 1.29 is 23.6 Å². The zero-order valence-corrected chi connectivity index (χ0v) is 16.2. The molecule has 1 aliphatic rings. The molecule has 28 heavy (non-hydrogen) atoms. The summed E-state index contributed by atoms with van der Waals surface area (Å²) in [5, 5.41) is 1.85. The molecular weight excluding hydrogens is 364 g/mol. The van der Waals surface area contributed by atoms with E-state index in [-0.39, 0.29) is 18.5 Å². The number of quaternary nitrogens is 1. The van der Waals surface area contributed by atoms with Gasteiger partial charge < -0.3 is 19.9 Å². The van der Waals surface area contributed by atoms with Gasteiger partial charge in [-0.2, -0.15) is 0 Å². The van der Waals surface area contributed by atoms with Crippen molar-refractivity contribution in [3.8, 4) is 5.75 Å². The van der Waals surface area contributed by atoms with Gasteiger partial charge in [0.15, 0.2) is 18.2 Å². The second-order valence-corrected chi connectivity index (χ2v) is 6.94. The molecule has 7 heteroatoms. The number of benzene rings is 2. The summed E-state index contributed by atoms with van der Waals surface area (Å²) in [6.45, 7) is 4.92. The number of para-hydroxylation sites is 2. The van der Waals surface area contributed by atoms with Crippen LogP contribution in [-0.2, 0) is 4.79 Å². The number of methoxy groups -OCH3 is 1. The molecular formula is C21H26F2N3O2+. The molecule has 3 rings (SSSR count). The van der Waals surface area contributed by atoms with Gasteiger partial charge in [-0.1, -0.05) is 12.1 Å². The quantitative estimate of drug-likeness (QED) is 0.820. The highest BCUT2D eigenvalue weighted by Crippen LogP contribution is 2.28. The molecule has 0 radical (unpaired) electrons. The van der Waals surface area contributed by atoms with Crippen LogP contribution in [0.1, 0.15) is 18.5 Å². The number of rotatable bonds is 6. The molecule has 0 saturated carbocycles. The third-order valence-corrected chi connectivity index (χ3v) is 5.17. The van der Waals surface area contributed by atoms with E-state index >= 15 is 0 Å². The standard InChI is InChI=1S/C21H25F2N3O2/c1-15(16-7-8-17(22)18(23)13-16)24-14-21(27)26-11-9-25(10-12-26)19-5-3-4-6-20(19)28-2/h3-8,13,15,24H,9-12,14H2,1-2H3/p+1/t15-/m1/s1. The third-order valence-electron chi connectivity index (χ3n) is 5.17. The Labute approximate surface area is 163 Å². The average molecular weight is 390 g/mol. The van der Waals surface area contributed by atoms with Gasteiger partial charge in [0.2, 0.25) is 0 Å². The summed E-state index contributed by atoms with van der Waals surface area (Å²) in [5.41, 5.74) is 1.70. The molecule has 2 N–H and O–H groups in total. The Balaban J connectivity index is 1.50. The molecule has 2 aromatic carbocycles. The number of amides is 1. The van der Waals surface area contributed by atoms with Crippen molar-refractivity contribution >= 4 is 11.6 Å². The van der Waals surface area contributed by atoms with E-state index in [1.807, 2.05) is 41.4 Å². The van der Waals surface area contributed by atoms with Gasteiger partial charge in [0, 0.05) is 31.7 Å². The summed E-state index contributed by atoms with van der Waals surface area (Å²) in [5.74, 6) is -0.846. The molecule has 1 saturated heterocycles. The van der Waals surface area contributed by atoms with E-state index in [9.17, 15) is 13.6 Å².